The molecule has 2 aromatic carbocycles. The van der Waals surface area contributed by atoms with Crippen molar-refractivity contribution < 1.29 is 18.3 Å². The van der Waals surface area contributed by atoms with Crippen molar-refractivity contribution in [1.82, 2.24) is 15.1 Å². The SMILES string of the molecule is Cc1ccc(-n2nc(C)c(CC(=O)NCCc3ccc(OC(F)F)cc3)c2C)cc1Cl. The lowest BCUT2D eigenvalue weighted by molar-refractivity contribution is -0.120. The van der Waals surface area contributed by atoms with Gasteiger partial charge in [0.15, 0.2) is 0 Å². The first-order chi connectivity index (χ1) is 14.7. The van der Waals surface area contributed by atoms with E-state index in [2.05, 4.69) is 15.2 Å². The van der Waals surface area contributed by atoms with Crippen LogP contribution in [-0.2, 0) is 17.6 Å². The second kappa shape index (κ2) is 9.92. The van der Waals surface area contributed by atoms with Gasteiger partial charge in [0.25, 0.3) is 0 Å². The van der Waals surface area contributed by atoms with Crippen LogP contribution < -0.4 is 10.1 Å². The summed E-state index contributed by atoms with van der Waals surface area (Å²) in [6.07, 6.45) is 0.804. The second-order valence-corrected chi connectivity index (χ2v) is 7.70. The zero-order valence-electron chi connectivity index (χ0n) is 17.6. The molecular formula is C23H24ClF2N3O2. The Hall–Kier alpha value is -2.93. The largest absolute Gasteiger partial charge is 0.435 e. The van der Waals surface area contributed by atoms with Gasteiger partial charge in [-0.3, -0.25) is 4.79 Å². The number of alkyl halides is 2. The molecule has 1 heterocycles. The molecule has 0 fully saturated rings. The number of carbonyl (C=O) groups excluding carboxylic acids is 1. The van der Waals surface area contributed by atoms with Gasteiger partial charge in [-0.25, -0.2) is 4.68 Å². The van der Waals surface area contributed by atoms with Gasteiger partial charge in [-0.05, 0) is 62.6 Å². The molecule has 0 aliphatic rings. The van der Waals surface area contributed by atoms with E-state index in [9.17, 15) is 13.6 Å². The highest BCUT2D eigenvalue weighted by atomic mass is 35.5. The van der Waals surface area contributed by atoms with Crippen LogP contribution in [0.25, 0.3) is 5.69 Å². The van der Waals surface area contributed by atoms with E-state index in [0.717, 1.165) is 33.8 Å². The Morgan fingerprint density at radius 3 is 2.52 bits per heavy atom. The average molecular weight is 448 g/mol. The normalized spacial score (nSPS) is 11.1. The third-order valence-corrected chi connectivity index (χ3v) is 5.47. The van der Waals surface area contributed by atoms with E-state index >= 15 is 0 Å². The average Bonchev–Trinajstić information content (AvgIpc) is 2.99. The summed E-state index contributed by atoms with van der Waals surface area (Å²) in [6, 6.07) is 12.1. The van der Waals surface area contributed by atoms with Crippen LogP contribution in [0.4, 0.5) is 8.78 Å². The fourth-order valence-electron chi connectivity index (χ4n) is 3.30. The predicted molar refractivity (Wildman–Crippen MR) is 116 cm³/mol. The molecule has 1 aromatic heterocycles. The van der Waals surface area contributed by atoms with E-state index in [0.29, 0.717) is 18.0 Å². The Bertz CT molecular complexity index is 1070. The van der Waals surface area contributed by atoms with Gasteiger partial charge >= 0.3 is 6.61 Å². The number of hydrogen-bond donors (Lipinski definition) is 1. The maximum Gasteiger partial charge on any atom is 0.387 e. The van der Waals surface area contributed by atoms with Gasteiger partial charge in [-0.15, -0.1) is 0 Å². The Labute approximate surface area is 185 Å². The maximum atomic E-state index is 12.5. The lowest BCUT2D eigenvalue weighted by atomic mass is 10.1. The summed E-state index contributed by atoms with van der Waals surface area (Å²) in [7, 11) is 0. The smallest absolute Gasteiger partial charge is 0.387 e. The van der Waals surface area contributed by atoms with Gasteiger partial charge in [-0.1, -0.05) is 29.8 Å². The molecule has 0 spiro atoms. The van der Waals surface area contributed by atoms with Crippen LogP contribution >= 0.6 is 11.6 Å². The van der Waals surface area contributed by atoms with Gasteiger partial charge in [-0.2, -0.15) is 13.9 Å². The van der Waals surface area contributed by atoms with E-state index in [4.69, 9.17) is 11.6 Å². The minimum Gasteiger partial charge on any atom is -0.435 e. The Morgan fingerprint density at radius 2 is 1.87 bits per heavy atom. The third kappa shape index (κ3) is 5.82. The number of halogens is 3. The molecule has 0 unspecified atom stereocenters. The molecule has 0 aliphatic carbocycles. The van der Waals surface area contributed by atoms with Gasteiger partial charge < -0.3 is 10.1 Å². The topological polar surface area (TPSA) is 56.2 Å². The van der Waals surface area contributed by atoms with Crippen LogP contribution in [0, 0.1) is 20.8 Å². The van der Waals surface area contributed by atoms with E-state index < -0.39 is 6.61 Å². The van der Waals surface area contributed by atoms with Gasteiger partial charge in [0.05, 0.1) is 17.8 Å². The van der Waals surface area contributed by atoms with Crippen LogP contribution in [0.2, 0.25) is 5.02 Å². The maximum absolute atomic E-state index is 12.5. The fraction of sp³-hybridized carbons (Fsp3) is 0.304. The molecule has 0 saturated carbocycles. The van der Waals surface area contributed by atoms with Crippen molar-refractivity contribution in [3.63, 3.8) is 0 Å². The number of benzene rings is 2. The molecule has 1 amide bonds. The molecule has 0 saturated heterocycles. The van der Waals surface area contributed by atoms with E-state index in [1.54, 1.807) is 16.8 Å². The van der Waals surface area contributed by atoms with Crippen molar-refractivity contribution in [2.45, 2.75) is 40.2 Å². The summed E-state index contributed by atoms with van der Waals surface area (Å²) >= 11 is 6.24. The van der Waals surface area contributed by atoms with Gasteiger partial charge in [0, 0.05) is 22.8 Å². The highest BCUT2D eigenvalue weighted by Gasteiger charge is 2.16. The molecule has 164 valence electrons. The first-order valence-electron chi connectivity index (χ1n) is 9.86. The zero-order chi connectivity index (χ0) is 22.5. The number of nitrogens with one attached hydrogen (secondary N) is 1. The van der Waals surface area contributed by atoms with Gasteiger partial charge in [0.2, 0.25) is 5.91 Å². The molecule has 1 N–H and O–H groups in total. The summed E-state index contributed by atoms with van der Waals surface area (Å²) in [5.74, 6) is 0.00551. The third-order valence-electron chi connectivity index (χ3n) is 5.06. The summed E-state index contributed by atoms with van der Waals surface area (Å²) in [5, 5.41) is 8.14. The number of nitrogens with zero attached hydrogens (tertiary/aromatic N) is 2. The van der Waals surface area contributed by atoms with Crippen molar-refractivity contribution in [3.8, 4) is 11.4 Å². The minimum atomic E-state index is -2.84. The highest BCUT2D eigenvalue weighted by Crippen LogP contribution is 2.23. The van der Waals surface area contributed by atoms with Crippen LogP contribution in [0.15, 0.2) is 42.5 Å². The van der Waals surface area contributed by atoms with Crippen molar-refractivity contribution in [2.75, 3.05) is 6.54 Å². The molecule has 31 heavy (non-hydrogen) atoms. The number of aromatic nitrogens is 2. The van der Waals surface area contributed by atoms with Crippen LogP contribution in [0.3, 0.4) is 0 Å². The summed E-state index contributed by atoms with van der Waals surface area (Å²) in [6.45, 7) is 3.34. The summed E-state index contributed by atoms with van der Waals surface area (Å²) in [4.78, 5) is 12.5. The Kier molecular flexibility index (Phi) is 7.28. The number of aryl methyl sites for hydroxylation is 2. The van der Waals surface area contributed by atoms with Crippen LogP contribution in [-0.4, -0.2) is 28.8 Å². The van der Waals surface area contributed by atoms with Crippen LogP contribution in [0.5, 0.6) is 5.75 Å². The van der Waals surface area contributed by atoms with Crippen molar-refractivity contribution in [2.24, 2.45) is 0 Å². The molecule has 0 atom stereocenters. The lowest BCUT2D eigenvalue weighted by Gasteiger charge is -2.09. The van der Waals surface area contributed by atoms with E-state index in [1.165, 1.54) is 12.1 Å². The molecule has 0 aliphatic heterocycles. The standard InChI is InChI=1S/C23H24ClF2N3O2/c1-14-4-7-18(12-21(14)24)29-16(3)20(15(2)28-29)13-22(30)27-11-10-17-5-8-19(9-6-17)31-23(25)26/h4-9,12,23H,10-11,13H2,1-3H3,(H,27,30). The molecule has 5 nitrogen and oxygen atoms in total. The summed E-state index contributed by atoms with van der Waals surface area (Å²) < 4.78 is 30.5. The molecular weight excluding hydrogens is 424 g/mol. The predicted octanol–water partition coefficient (Wildman–Crippen LogP) is 4.95. The minimum absolute atomic E-state index is 0.106. The van der Waals surface area contributed by atoms with E-state index in [-0.39, 0.29) is 18.1 Å². The van der Waals surface area contributed by atoms with E-state index in [1.807, 2.05) is 39.0 Å². The summed E-state index contributed by atoms with van der Waals surface area (Å²) in [5.41, 5.74) is 5.31. The molecule has 3 rings (SSSR count). The highest BCUT2D eigenvalue weighted by molar-refractivity contribution is 6.31. The molecule has 8 heteroatoms. The zero-order valence-corrected chi connectivity index (χ0v) is 18.3. The first kappa shape index (κ1) is 22.7. The number of amides is 1. The number of rotatable bonds is 8. The lowest BCUT2D eigenvalue weighted by Crippen LogP contribution is -2.27. The Morgan fingerprint density at radius 1 is 1.16 bits per heavy atom. The quantitative estimate of drug-likeness (QED) is 0.531. The van der Waals surface area contributed by atoms with Gasteiger partial charge in [0.1, 0.15) is 5.75 Å². The number of hydrogen-bond acceptors (Lipinski definition) is 3. The van der Waals surface area contributed by atoms with Crippen LogP contribution in [0.1, 0.15) is 28.1 Å². The van der Waals surface area contributed by atoms with Crippen molar-refractivity contribution in [1.29, 1.82) is 0 Å². The number of ether oxygens (including phenoxy) is 1. The first-order valence-corrected chi connectivity index (χ1v) is 10.2. The second-order valence-electron chi connectivity index (χ2n) is 7.29. The molecule has 3 aromatic rings. The van der Waals surface area contributed by atoms with Crippen molar-refractivity contribution >= 4 is 17.5 Å². The monoisotopic (exact) mass is 447 g/mol. The fourth-order valence-corrected chi connectivity index (χ4v) is 3.48. The van der Waals surface area contributed by atoms with Crippen molar-refractivity contribution in [3.05, 3.63) is 75.6 Å². The molecule has 0 radical (unpaired) electrons. The number of carbonyl (C=O) groups is 1. The Balaban J connectivity index is 1.58. The molecule has 0 bridgehead atoms.